The Morgan fingerprint density at radius 3 is 2.50 bits per heavy atom. The Bertz CT molecular complexity index is 1260. The van der Waals surface area contributed by atoms with Crippen molar-refractivity contribution in [2.75, 3.05) is 20.7 Å². The number of carbonyl (C=O) groups is 2. The van der Waals surface area contributed by atoms with Crippen molar-refractivity contribution in [2.45, 2.75) is 110 Å². The summed E-state index contributed by atoms with van der Waals surface area (Å²) < 4.78 is 18.5. The number of hydrogen-bond acceptors (Lipinski definition) is 7. The van der Waals surface area contributed by atoms with Gasteiger partial charge in [0.1, 0.15) is 16.7 Å². The standard InChI is InChI=1S/C33H53BN6O6/c1-21(2)18-28(34-45-27-20-23-19-26(32(23,3)4)33(27,5)46-34)38-30(42)25(11-9-17-36-31(35)39-40(6)43)37-29(41)12-8-10-22-13-15-24(44-7)16-14-22/h13-16,21,23,25-28H,8-12,17-20H2,1-7H3,(H4-,35,36,37,38,39,41,42,43)/p+1/t23-,25-,26-,27+,28-,33-/m0/s1. The molecule has 6 atom stereocenters. The van der Waals surface area contributed by atoms with E-state index in [0.717, 1.165) is 30.6 Å². The third-order valence-corrected chi connectivity index (χ3v) is 10.2. The van der Waals surface area contributed by atoms with Crippen LogP contribution in [0, 0.1) is 28.1 Å². The van der Waals surface area contributed by atoms with Crippen molar-refractivity contribution < 1.29 is 28.5 Å². The summed E-state index contributed by atoms with van der Waals surface area (Å²) in [6.45, 7) is 11.3. The Morgan fingerprint density at radius 2 is 1.87 bits per heavy atom. The van der Waals surface area contributed by atoms with Crippen molar-refractivity contribution in [3.8, 4) is 5.75 Å². The van der Waals surface area contributed by atoms with E-state index in [0.29, 0.717) is 42.4 Å². The average Bonchev–Trinajstić information content (AvgIpc) is 3.35. The molecule has 5 N–H and O–H groups in total. The number of aryl methyl sites for hydroxylation is 1. The van der Waals surface area contributed by atoms with E-state index >= 15 is 0 Å². The smallest absolute Gasteiger partial charge is 0.481 e. The van der Waals surface area contributed by atoms with Crippen LogP contribution in [0.25, 0.3) is 0 Å². The number of nitroso groups, excluding NO2 is 1. The lowest BCUT2D eigenvalue weighted by molar-refractivity contribution is -0.562. The van der Waals surface area contributed by atoms with E-state index in [-0.39, 0.29) is 59.7 Å². The Kier molecular flexibility index (Phi) is 11.7. The number of amides is 2. The summed E-state index contributed by atoms with van der Waals surface area (Å²) in [6, 6.07) is 7.00. The molecule has 0 spiro atoms. The fraction of sp³-hybridized carbons (Fsp3) is 0.727. The molecule has 0 aromatic heterocycles. The molecule has 4 fully saturated rings. The van der Waals surface area contributed by atoms with Gasteiger partial charge in [0.2, 0.25) is 24.8 Å². The molecule has 254 valence electrons. The average molecular weight is 642 g/mol. The number of hydrazine groups is 1. The van der Waals surface area contributed by atoms with Crippen LogP contribution in [-0.2, 0) is 25.3 Å². The fourth-order valence-corrected chi connectivity index (χ4v) is 7.57. The van der Waals surface area contributed by atoms with E-state index in [4.69, 9.17) is 19.8 Å². The van der Waals surface area contributed by atoms with E-state index in [9.17, 15) is 14.5 Å². The molecule has 46 heavy (non-hydrogen) atoms. The van der Waals surface area contributed by atoms with Gasteiger partial charge in [-0.05, 0) is 92.7 Å². The number of guanidine groups is 1. The van der Waals surface area contributed by atoms with Crippen molar-refractivity contribution in [2.24, 2.45) is 33.9 Å². The first-order chi connectivity index (χ1) is 21.7. The summed E-state index contributed by atoms with van der Waals surface area (Å²) in [4.78, 5) is 42.7. The van der Waals surface area contributed by atoms with Gasteiger partial charge < -0.3 is 30.4 Å². The van der Waals surface area contributed by atoms with Crippen LogP contribution in [0.4, 0.5) is 0 Å². The highest BCUT2D eigenvalue weighted by molar-refractivity contribution is 6.48. The molecule has 12 nitrogen and oxygen atoms in total. The Labute approximate surface area is 274 Å². The molecule has 2 bridgehead atoms. The summed E-state index contributed by atoms with van der Waals surface area (Å²) >= 11 is 0. The van der Waals surface area contributed by atoms with Gasteiger partial charge in [-0.15, -0.1) is 0 Å². The lowest BCUT2D eigenvalue weighted by atomic mass is 9.43. The molecule has 0 unspecified atom stereocenters. The van der Waals surface area contributed by atoms with Crippen molar-refractivity contribution in [1.29, 1.82) is 0 Å². The molecule has 13 heteroatoms. The van der Waals surface area contributed by atoms with Crippen LogP contribution < -0.4 is 26.5 Å². The minimum absolute atomic E-state index is 0.00661. The number of benzene rings is 1. The minimum Gasteiger partial charge on any atom is -0.497 e. The second-order valence-corrected chi connectivity index (χ2v) is 14.4. The number of aliphatic imine (C=N–C) groups is 1. The summed E-state index contributed by atoms with van der Waals surface area (Å²) in [6.07, 6.45) is 5.27. The molecule has 3 saturated carbocycles. The predicted molar refractivity (Wildman–Crippen MR) is 178 cm³/mol. The number of rotatable bonds is 16. The minimum atomic E-state index is -0.777. The van der Waals surface area contributed by atoms with Gasteiger partial charge in [-0.1, -0.05) is 45.3 Å². The normalized spacial score (nSPS) is 26.0. The van der Waals surface area contributed by atoms with Gasteiger partial charge in [-0.2, -0.15) is 0 Å². The first-order valence-electron chi connectivity index (χ1n) is 16.8. The van der Waals surface area contributed by atoms with Crippen molar-refractivity contribution >= 4 is 24.9 Å². The molecule has 1 aliphatic heterocycles. The maximum atomic E-state index is 13.9. The predicted octanol–water partition coefficient (Wildman–Crippen LogP) is 3.31. The second kappa shape index (κ2) is 15.1. The van der Waals surface area contributed by atoms with Crippen molar-refractivity contribution in [1.82, 2.24) is 16.1 Å². The molecule has 1 aromatic rings. The van der Waals surface area contributed by atoms with Crippen LogP contribution in [0.1, 0.15) is 85.1 Å². The van der Waals surface area contributed by atoms with Gasteiger partial charge in [0.25, 0.3) is 0 Å². The van der Waals surface area contributed by atoms with Crippen molar-refractivity contribution in [3.05, 3.63) is 34.7 Å². The molecule has 5 rings (SSSR count). The Hall–Kier alpha value is -3.19. The number of carbonyl (C=O) groups excluding carboxylic acids is 2. The molecule has 1 saturated heterocycles. The van der Waals surface area contributed by atoms with Crippen LogP contribution in [0.5, 0.6) is 5.75 Å². The highest BCUT2D eigenvalue weighted by Crippen LogP contribution is 2.65. The van der Waals surface area contributed by atoms with Gasteiger partial charge >= 0.3 is 7.12 Å². The van der Waals surface area contributed by atoms with Crippen LogP contribution >= 0.6 is 0 Å². The fourth-order valence-electron chi connectivity index (χ4n) is 7.57. The number of nitrogens with zero attached hydrogens (tertiary/aromatic N) is 2. The largest absolute Gasteiger partial charge is 0.497 e. The highest BCUT2D eigenvalue weighted by Gasteiger charge is 2.68. The van der Waals surface area contributed by atoms with Crippen LogP contribution in [-0.4, -0.2) is 74.2 Å². The topological polar surface area (TPSA) is 156 Å². The maximum Gasteiger partial charge on any atom is 0.481 e. The van der Waals surface area contributed by atoms with Crippen LogP contribution in [0.3, 0.4) is 0 Å². The maximum absolute atomic E-state index is 13.9. The third-order valence-electron chi connectivity index (χ3n) is 10.2. The highest BCUT2D eigenvalue weighted by atomic mass is 16.7. The Balaban J connectivity index is 1.40. The van der Waals surface area contributed by atoms with Crippen LogP contribution in [0.15, 0.2) is 29.3 Å². The van der Waals surface area contributed by atoms with Crippen molar-refractivity contribution in [3.63, 3.8) is 0 Å². The van der Waals surface area contributed by atoms with E-state index < -0.39 is 13.2 Å². The molecule has 2 amide bonds. The lowest BCUT2D eigenvalue weighted by Crippen LogP contribution is -2.65. The summed E-state index contributed by atoms with van der Waals surface area (Å²) in [5.41, 5.74) is 9.04. The molecule has 3 aliphatic carbocycles. The number of nitrogens with one attached hydrogen (secondary N) is 3. The molecule has 0 radical (unpaired) electrons. The molecular weight excluding hydrogens is 587 g/mol. The monoisotopic (exact) mass is 641 g/mol. The zero-order chi connectivity index (χ0) is 33.6. The Morgan fingerprint density at radius 1 is 1.15 bits per heavy atom. The first-order valence-corrected chi connectivity index (χ1v) is 16.8. The van der Waals surface area contributed by atoms with Gasteiger partial charge in [-0.25, -0.2) is 4.99 Å². The summed E-state index contributed by atoms with van der Waals surface area (Å²) in [7, 11) is 2.35. The number of nitrogens with two attached hydrogens (primary N) is 1. The lowest BCUT2D eigenvalue weighted by Gasteiger charge is -2.64. The quantitative estimate of drug-likeness (QED) is 0.0535. The molecule has 1 aromatic carbocycles. The van der Waals surface area contributed by atoms with Gasteiger partial charge in [-0.3, -0.25) is 9.59 Å². The van der Waals surface area contributed by atoms with Crippen LogP contribution in [0.2, 0.25) is 0 Å². The second-order valence-electron chi connectivity index (χ2n) is 14.4. The third kappa shape index (κ3) is 8.58. The molecular formula is C33H54BN6O6+. The van der Waals surface area contributed by atoms with E-state index in [1.54, 1.807) is 7.11 Å². The number of hydrogen-bond donors (Lipinski definition) is 4. The number of ether oxygens (including phenoxy) is 1. The SMILES string of the molecule is COc1ccc(CCCC(=O)N[C@@H](CCCN=C(N)N[N+](C)=O)C(=O)N[C@@H](CC(C)C)B2O[C@@H]3C[C@@H]4C[C@@H](C4(C)C)[C@]3(C)O2)cc1. The zero-order valence-electron chi connectivity index (χ0n) is 28.6. The van der Waals surface area contributed by atoms with E-state index in [1.165, 1.54) is 7.05 Å². The first kappa shape index (κ1) is 35.7. The van der Waals surface area contributed by atoms with Gasteiger partial charge in [0.05, 0.1) is 29.7 Å². The van der Waals surface area contributed by atoms with E-state index in [1.807, 2.05) is 24.3 Å². The zero-order valence-corrected chi connectivity index (χ0v) is 28.6. The summed E-state index contributed by atoms with van der Waals surface area (Å²) in [5.74, 6) is 1.27. The number of methoxy groups -OCH3 is 1. The summed E-state index contributed by atoms with van der Waals surface area (Å²) in [5, 5.41) is 6.17. The van der Waals surface area contributed by atoms with Gasteiger partial charge in [0, 0.05) is 13.0 Å². The molecule has 1 heterocycles. The molecule has 4 aliphatic rings. The van der Waals surface area contributed by atoms with E-state index in [2.05, 4.69) is 55.7 Å². The van der Waals surface area contributed by atoms with Gasteiger partial charge in [0.15, 0.2) is 0 Å².